The molecule has 0 radical (unpaired) electrons. The van der Waals surface area contributed by atoms with E-state index < -0.39 is 0 Å². The molecule has 1 amide bonds. The third kappa shape index (κ3) is 4.42. The Hall–Kier alpha value is -2.54. The number of hydrogen-bond donors (Lipinski definition) is 1. The predicted molar refractivity (Wildman–Crippen MR) is 105 cm³/mol. The van der Waals surface area contributed by atoms with Crippen LogP contribution in [0.1, 0.15) is 18.4 Å². The van der Waals surface area contributed by atoms with E-state index >= 15 is 0 Å². The minimum atomic E-state index is -0.340. The zero-order valence-electron chi connectivity index (χ0n) is 15.4. The molecule has 0 atom stereocenters. The van der Waals surface area contributed by atoms with Crippen molar-refractivity contribution in [3.63, 3.8) is 0 Å². The number of nitrogens with zero attached hydrogens (tertiary/aromatic N) is 3. The van der Waals surface area contributed by atoms with E-state index in [2.05, 4.69) is 5.32 Å². The lowest BCUT2D eigenvalue weighted by Gasteiger charge is -2.33. The Kier molecular flexibility index (Phi) is 5.70. The van der Waals surface area contributed by atoms with E-state index in [0.717, 1.165) is 23.0 Å². The fourth-order valence-corrected chi connectivity index (χ4v) is 3.46. The Morgan fingerprint density at radius 2 is 1.78 bits per heavy atom. The number of amides is 1. The number of nitrogens with one attached hydrogen (secondary N) is 1. The van der Waals surface area contributed by atoms with Crippen molar-refractivity contribution >= 4 is 23.2 Å². The summed E-state index contributed by atoms with van der Waals surface area (Å²) in [6.07, 6.45) is 3.40. The topological polar surface area (TPSA) is 76.3 Å². The maximum Gasteiger partial charge on any atom is 0.330 e. The normalized spacial score (nSPS) is 15.0. The standard InChI is InChI=1S/C19H23ClN4O3/c1-22-12-16(18(26)23(2)19(22)27)24-9-7-15(8-10-24)21-17(25)11-13-3-5-14(20)6-4-13/h3-6,12,15H,7-11H2,1-2H3,(H,21,25). The number of carbonyl (C=O) groups excluding carboxylic acids is 1. The van der Waals surface area contributed by atoms with Gasteiger partial charge < -0.3 is 14.8 Å². The minimum Gasteiger partial charge on any atom is -0.366 e. The molecule has 1 N–H and O–H groups in total. The highest BCUT2D eigenvalue weighted by molar-refractivity contribution is 6.30. The van der Waals surface area contributed by atoms with Crippen LogP contribution < -0.4 is 21.5 Å². The second-order valence-electron chi connectivity index (χ2n) is 6.90. The zero-order valence-corrected chi connectivity index (χ0v) is 16.2. The van der Waals surface area contributed by atoms with Gasteiger partial charge in [-0.05, 0) is 30.5 Å². The first-order valence-corrected chi connectivity index (χ1v) is 9.28. The van der Waals surface area contributed by atoms with Gasteiger partial charge in [-0.15, -0.1) is 0 Å². The number of hydrogen-bond acceptors (Lipinski definition) is 4. The molecule has 1 aliphatic rings. The second kappa shape index (κ2) is 8.00. The average molecular weight is 391 g/mol. The van der Waals surface area contributed by atoms with Crippen LogP contribution in [0.15, 0.2) is 40.1 Å². The van der Waals surface area contributed by atoms with Crippen molar-refractivity contribution in [3.05, 3.63) is 61.9 Å². The Bertz CT molecular complexity index is 941. The summed E-state index contributed by atoms with van der Waals surface area (Å²) in [5, 5.41) is 3.71. The van der Waals surface area contributed by atoms with Crippen LogP contribution in [0.4, 0.5) is 5.69 Å². The van der Waals surface area contributed by atoms with E-state index in [-0.39, 0.29) is 23.2 Å². The van der Waals surface area contributed by atoms with Crippen molar-refractivity contribution < 1.29 is 4.79 Å². The number of anilines is 1. The first-order valence-electron chi connectivity index (χ1n) is 8.90. The van der Waals surface area contributed by atoms with Crippen LogP contribution in [0, 0.1) is 0 Å². The van der Waals surface area contributed by atoms with Crippen molar-refractivity contribution in [1.29, 1.82) is 0 Å². The van der Waals surface area contributed by atoms with E-state index in [1.807, 2.05) is 17.0 Å². The van der Waals surface area contributed by atoms with E-state index in [1.54, 1.807) is 25.4 Å². The van der Waals surface area contributed by atoms with Crippen LogP contribution in [0.3, 0.4) is 0 Å². The molecule has 2 aromatic rings. The fourth-order valence-electron chi connectivity index (χ4n) is 3.34. The van der Waals surface area contributed by atoms with Gasteiger partial charge in [-0.1, -0.05) is 23.7 Å². The maximum atomic E-state index is 12.4. The summed E-state index contributed by atoms with van der Waals surface area (Å²) < 4.78 is 2.53. The van der Waals surface area contributed by atoms with Gasteiger partial charge in [0.05, 0.1) is 6.42 Å². The van der Waals surface area contributed by atoms with E-state index in [9.17, 15) is 14.4 Å². The second-order valence-corrected chi connectivity index (χ2v) is 7.34. The summed E-state index contributed by atoms with van der Waals surface area (Å²) in [4.78, 5) is 38.4. The summed E-state index contributed by atoms with van der Waals surface area (Å²) in [6.45, 7) is 1.30. The molecule has 0 bridgehead atoms. The smallest absolute Gasteiger partial charge is 0.330 e. The Balaban J connectivity index is 1.58. The van der Waals surface area contributed by atoms with Crippen LogP contribution in [0.2, 0.25) is 5.02 Å². The number of benzene rings is 1. The molecule has 1 fully saturated rings. The molecular weight excluding hydrogens is 368 g/mol. The molecule has 7 nitrogen and oxygen atoms in total. The number of aryl methyl sites for hydroxylation is 1. The van der Waals surface area contributed by atoms with Gasteiger partial charge in [0.25, 0.3) is 5.56 Å². The lowest BCUT2D eigenvalue weighted by Crippen LogP contribution is -2.48. The third-order valence-corrected chi connectivity index (χ3v) is 5.16. The summed E-state index contributed by atoms with van der Waals surface area (Å²) in [5.74, 6) is -0.0196. The van der Waals surface area contributed by atoms with Crippen molar-refractivity contribution in [2.75, 3.05) is 18.0 Å². The van der Waals surface area contributed by atoms with E-state index in [4.69, 9.17) is 11.6 Å². The molecule has 0 aliphatic carbocycles. The van der Waals surface area contributed by atoms with Gasteiger partial charge in [0.15, 0.2) is 0 Å². The molecule has 1 aromatic carbocycles. The van der Waals surface area contributed by atoms with Gasteiger partial charge in [-0.2, -0.15) is 0 Å². The lowest BCUT2D eigenvalue weighted by atomic mass is 10.0. The number of halogens is 1. The first-order chi connectivity index (χ1) is 12.8. The minimum absolute atomic E-state index is 0.0196. The third-order valence-electron chi connectivity index (χ3n) is 4.91. The predicted octanol–water partition coefficient (Wildman–Crippen LogP) is 1.07. The quantitative estimate of drug-likeness (QED) is 0.847. The van der Waals surface area contributed by atoms with Gasteiger partial charge in [-0.25, -0.2) is 4.79 Å². The average Bonchev–Trinajstić information content (AvgIpc) is 2.65. The highest BCUT2D eigenvalue weighted by atomic mass is 35.5. The summed E-state index contributed by atoms with van der Waals surface area (Å²) in [6, 6.07) is 7.32. The lowest BCUT2D eigenvalue weighted by molar-refractivity contribution is -0.121. The van der Waals surface area contributed by atoms with Crippen LogP contribution in [0.5, 0.6) is 0 Å². The molecule has 1 aliphatic heterocycles. The summed E-state index contributed by atoms with van der Waals surface area (Å²) in [7, 11) is 3.12. The molecule has 0 spiro atoms. The van der Waals surface area contributed by atoms with Gasteiger partial charge in [0.1, 0.15) is 5.69 Å². The molecule has 0 saturated carbocycles. The number of carbonyl (C=O) groups is 1. The zero-order chi connectivity index (χ0) is 19.6. The van der Waals surface area contributed by atoms with Crippen LogP contribution in [0.25, 0.3) is 0 Å². The number of piperidine rings is 1. The molecule has 8 heteroatoms. The number of rotatable bonds is 4. The van der Waals surface area contributed by atoms with Crippen LogP contribution in [-0.4, -0.2) is 34.2 Å². The largest absolute Gasteiger partial charge is 0.366 e. The first kappa shape index (κ1) is 19.2. The maximum absolute atomic E-state index is 12.4. The van der Waals surface area contributed by atoms with E-state index in [0.29, 0.717) is 30.2 Å². The van der Waals surface area contributed by atoms with E-state index in [1.165, 1.54) is 11.6 Å². The summed E-state index contributed by atoms with van der Waals surface area (Å²) in [5.41, 5.74) is 0.810. The van der Waals surface area contributed by atoms with Gasteiger partial charge >= 0.3 is 5.69 Å². The summed E-state index contributed by atoms with van der Waals surface area (Å²) >= 11 is 5.86. The van der Waals surface area contributed by atoms with Gasteiger partial charge in [0, 0.05) is 44.4 Å². The monoisotopic (exact) mass is 390 g/mol. The molecule has 1 aromatic heterocycles. The molecule has 144 valence electrons. The van der Waals surface area contributed by atoms with Crippen molar-refractivity contribution in [1.82, 2.24) is 14.5 Å². The molecule has 3 rings (SSSR count). The van der Waals surface area contributed by atoms with Crippen molar-refractivity contribution in [3.8, 4) is 0 Å². The van der Waals surface area contributed by atoms with Crippen LogP contribution >= 0.6 is 11.6 Å². The molecule has 0 unspecified atom stereocenters. The highest BCUT2D eigenvalue weighted by Gasteiger charge is 2.23. The fraction of sp³-hybridized carbons (Fsp3) is 0.421. The van der Waals surface area contributed by atoms with Crippen molar-refractivity contribution in [2.24, 2.45) is 14.1 Å². The van der Waals surface area contributed by atoms with Gasteiger partial charge in [-0.3, -0.25) is 14.2 Å². The van der Waals surface area contributed by atoms with Gasteiger partial charge in [0.2, 0.25) is 5.91 Å². The van der Waals surface area contributed by atoms with Crippen LogP contribution in [-0.2, 0) is 25.3 Å². The Morgan fingerprint density at radius 1 is 1.15 bits per heavy atom. The molecular formula is C19H23ClN4O3. The SMILES string of the molecule is Cn1cc(N2CCC(NC(=O)Cc3ccc(Cl)cc3)CC2)c(=O)n(C)c1=O. The molecule has 27 heavy (non-hydrogen) atoms. The molecule has 1 saturated heterocycles. The molecule has 2 heterocycles. The number of aromatic nitrogens is 2. The van der Waals surface area contributed by atoms with Crippen molar-refractivity contribution in [2.45, 2.75) is 25.3 Å². The Labute approximate surface area is 162 Å². The Morgan fingerprint density at radius 3 is 2.41 bits per heavy atom. The highest BCUT2D eigenvalue weighted by Crippen LogP contribution is 2.16.